The maximum absolute atomic E-state index is 6.05. The molecule has 20 heavy (non-hydrogen) atoms. The normalized spacial score (nSPS) is 11.8. The van der Waals surface area contributed by atoms with Crippen molar-refractivity contribution in [1.82, 2.24) is 0 Å². The Morgan fingerprint density at radius 2 is 1.80 bits per heavy atom. The third-order valence-corrected chi connectivity index (χ3v) is 3.12. The lowest BCUT2D eigenvalue weighted by Gasteiger charge is -2.09. The Labute approximate surface area is 120 Å². The molecule has 0 heterocycles. The minimum Gasteiger partial charge on any atom is -0.399 e. The van der Waals surface area contributed by atoms with Gasteiger partial charge in [0.05, 0.1) is 0 Å². The molecule has 1 heteroatoms. The summed E-state index contributed by atoms with van der Waals surface area (Å²) in [7, 11) is 0. The van der Waals surface area contributed by atoms with Gasteiger partial charge in [-0.1, -0.05) is 61.2 Å². The van der Waals surface area contributed by atoms with Gasteiger partial charge in [0.25, 0.3) is 0 Å². The van der Waals surface area contributed by atoms with E-state index in [1.54, 1.807) is 6.08 Å². The van der Waals surface area contributed by atoms with Crippen LogP contribution in [0.1, 0.15) is 12.5 Å². The van der Waals surface area contributed by atoms with Crippen LogP contribution >= 0.6 is 0 Å². The molecule has 0 amide bonds. The molecule has 0 aliphatic carbocycles. The number of hydrogen-bond donors (Lipinski definition) is 1. The predicted octanol–water partition coefficient (Wildman–Crippen LogP) is 5.08. The quantitative estimate of drug-likeness (QED) is 0.602. The predicted molar refractivity (Wildman–Crippen MR) is 89.3 cm³/mol. The van der Waals surface area contributed by atoms with E-state index in [1.165, 1.54) is 5.56 Å². The van der Waals surface area contributed by atoms with Crippen molar-refractivity contribution in [2.45, 2.75) is 6.92 Å². The molecule has 2 rings (SSSR count). The van der Waals surface area contributed by atoms with Crippen molar-refractivity contribution >= 4 is 11.3 Å². The van der Waals surface area contributed by atoms with Gasteiger partial charge in [0.15, 0.2) is 0 Å². The van der Waals surface area contributed by atoms with Crippen molar-refractivity contribution in [3.8, 4) is 11.1 Å². The maximum Gasteiger partial charge on any atom is 0.0326 e. The molecule has 0 aliphatic rings. The zero-order chi connectivity index (χ0) is 14.4. The molecule has 2 N–H and O–H groups in total. The highest BCUT2D eigenvalue weighted by atomic mass is 14.5. The summed E-state index contributed by atoms with van der Waals surface area (Å²) in [5, 5.41) is 0. The summed E-state index contributed by atoms with van der Waals surface area (Å²) in [6, 6.07) is 16.4. The molecule has 0 aromatic heterocycles. The minimum absolute atomic E-state index is 0.771. The van der Waals surface area contributed by atoms with Gasteiger partial charge < -0.3 is 5.73 Å². The van der Waals surface area contributed by atoms with Crippen LogP contribution in [0, 0.1) is 0 Å². The van der Waals surface area contributed by atoms with E-state index in [0.717, 1.165) is 22.4 Å². The molecule has 0 spiro atoms. The molecular weight excluding hydrogens is 242 g/mol. The fourth-order valence-corrected chi connectivity index (χ4v) is 2.15. The van der Waals surface area contributed by atoms with Crippen LogP contribution in [0.5, 0.6) is 0 Å². The first-order valence-electron chi connectivity index (χ1n) is 6.66. The molecule has 100 valence electrons. The van der Waals surface area contributed by atoms with Crippen molar-refractivity contribution in [1.29, 1.82) is 0 Å². The van der Waals surface area contributed by atoms with Gasteiger partial charge in [-0.3, -0.25) is 0 Å². The molecule has 0 aliphatic heterocycles. The molecule has 0 saturated heterocycles. The molecule has 0 atom stereocenters. The molecule has 0 bridgehead atoms. The monoisotopic (exact) mass is 261 g/mol. The highest BCUT2D eigenvalue weighted by Gasteiger charge is 2.03. The molecule has 0 unspecified atom stereocenters. The van der Waals surface area contributed by atoms with Gasteiger partial charge >= 0.3 is 0 Å². The van der Waals surface area contributed by atoms with Gasteiger partial charge in [-0.15, -0.1) is 0 Å². The number of hydrogen-bond acceptors (Lipinski definition) is 1. The van der Waals surface area contributed by atoms with Gasteiger partial charge in [-0.25, -0.2) is 0 Å². The summed E-state index contributed by atoms with van der Waals surface area (Å²) in [5.41, 5.74) is 11.4. The summed E-state index contributed by atoms with van der Waals surface area (Å²) >= 11 is 0. The molecule has 0 fully saturated rings. The van der Waals surface area contributed by atoms with Crippen molar-refractivity contribution < 1.29 is 0 Å². The fourth-order valence-electron chi connectivity index (χ4n) is 2.15. The Bertz CT molecular complexity index is 649. The fraction of sp³-hybridized carbons (Fsp3) is 0.0526. The summed E-state index contributed by atoms with van der Waals surface area (Å²) < 4.78 is 0. The molecule has 2 aromatic carbocycles. The lowest BCUT2D eigenvalue weighted by Crippen LogP contribution is -1.90. The van der Waals surface area contributed by atoms with Crippen molar-refractivity contribution in [3.63, 3.8) is 0 Å². The Hall–Kier alpha value is -2.54. The van der Waals surface area contributed by atoms with Gasteiger partial charge in [0.1, 0.15) is 0 Å². The van der Waals surface area contributed by atoms with E-state index >= 15 is 0 Å². The van der Waals surface area contributed by atoms with E-state index in [-0.39, 0.29) is 0 Å². The van der Waals surface area contributed by atoms with E-state index in [4.69, 9.17) is 5.73 Å². The van der Waals surface area contributed by atoms with Gasteiger partial charge in [0, 0.05) is 5.69 Å². The number of rotatable bonds is 4. The van der Waals surface area contributed by atoms with Crippen LogP contribution in [0.4, 0.5) is 5.69 Å². The van der Waals surface area contributed by atoms with Crippen LogP contribution < -0.4 is 5.73 Å². The topological polar surface area (TPSA) is 26.0 Å². The van der Waals surface area contributed by atoms with Crippen molar-refractivity contribution in [2.75, 3.05) is 5.73 Å². The van der Waals surface area contributed by atoms with E-state index in [2.05, 4.69) is 30.9 Å². The second-order valence-electron chi connectivity index (χ2n) is 4.55. The summed E-state index contributed by atoms with van der Waals surface area (Å²) in [6.07, 6.45) is 7.81. The van der Waals surface area contributed by atoms with Crippen LogP contribution in [-0.2, 0) is 0 Å². The first kappa shape index (κ1) is 13.9. The number of benzene rings is 2. The zero-order valence-electron chi connectivity index (χ0n) is 11.7. The smallest absolute Gasteiger partial charge is 0.0326 e. The van der Waals surface area contributed by atoms with Crippen LogP contribution in [0.2, 0.25) is 0 Å². The molecule has 0 radical (unpaired) electrons. The summed E-state index contributed by atoms with van der Waals surface area (Å²) in [4.78, 5) is 0. The Morgan fingerprint density at radius 1 is 1.05 bits per heavy atom. The van der Waals surface area contributed by atoms with Crippen molar-refractivity contribution in [3.05, 3.63) is 85.0 Å². The van der Waals surface area contributed by atoms with E-state index in [1.807, 2.05) is 49.4 Å². The summed E-state index contributed by atoms with van der Waals surface area (Å²) in [5.74, 6) is 0. The Morgan fingerprint density at radius 3 is 2.45 bits per heavy atom. The Kier molecular flexibility index (Phi) is 4.56. The van der Waals surface area contributed by atoms with E-state index in [9.17, 15) is 0 Å². The number of nitrogen functional groups attached to an aromatic ring is 1. The second kappa shape index (κ2) is 6.58. The third kappa shape index (κ3) is 3.27. The second-order valence-corrected chi connectivity index (χ2v) is 4.55. The van der Waals surface area contributed by atoms with E-state index in [0.29, 0.717) is 0 Å². The number of anilines is 1. The van der Waals surface area contributed by atoms with Crippen LogP contribution in [0.3, 0.4) is 0 Å². The first-order valence-corrected chi connectivity index (χ1v) is 6.66. The lowest BCUT2D eigenvalue weighted by molar-refractivity contribution is 1.56. The average Bonchev–Trinajstić information content (AvgIpc) is 2.48. The van der Waals surface area contributed by atoms with Gasteiger partial charge in [-0.2, -0.15) is 0 Å². The highest BCUT2D eigenvalue weighted by Crippen LogP contribution is 2.27. The SMILES string of the molecule is C=C/C=C\C(=C/C)c1cc(N)cc(-c2ccccc2)c1. The lowest BCUT2D eigenvalue weighted by atomic mass is 9.97. The number of nitrogens with two attached hydrogens (primary N) is 1. The standard InChI is InChI=1S/C19H19N/c1-3-5-9-15(4-2)17-12-18(14-19(20)13-17)16-10-7-6-8-11-16/h3-14H,1,20H2,2H3/b9-5-,15-4+. The highest BCUT2D eigenvalue weighted by molar-refractivity contribution is 5.80. The van der Waals surface area contributed by atoms with Gasteiger partial charge in [0.2, 0.25) is 0 Å². The van der Waals surface area contributed by atoms with E-state index < -0.39 is 0 Å². The van der Waals surface area contributed by atoms with Crippen molar-refractivity contribution in [2.24, 2.45) is 0 Å². The molecule has 2 aromatic rings. The molecular formula is C19H19N. The Balaban J connectivity index is 2.49. The third-order valence-electron chi connectivity index (χ3n) is 3.12. The van der Waals surface area contributed by atoms with Crippen LogP contribution in [0.15, 0.2) is 79.4 Å². The van der Waals surface area contributed by atoms with Crippen LogP contribution in [-0.4, -0.2) is 0 Å². The average molecular weight is 261 g/mol. The molecule has 0 saturated carbocycles. The molecule has 1 nitrogen and oxygen atoms in total. The maximum atomic E-state index is 6.05. The first-order chi connectivity index (χ1) is 9.74. The number of allylic oxidation sites excluding steroid dienone is 5. The minimum atomic E-state index is 0.771. The van der Waals surface area contributed by atoms with Crippen LogP contribution in [0.25, 0.3) is 16.7 Å². The van der Waals surface area contributed by atoms with Gasteiger partial charge in [-0.05, 0) is 47.4 Å². The summed E-state index contributed by atoms with van der Waals surface area (Å²) in [6.45, 7) is 5.73. The zero-order valence-corrected chi connectivity index (χ0v) is 11.7. The largest absolute Gasteiger partial charge is 0.399 e.